The van der Waals surface area contributed by atoms with Gasteiger partial charge in [-0.05, 0) is 13.3 Å². The second-order valence-corrected chi connectivity index (χ2v) is 5.15. The van der Waals surface area contributed by atoms with E-state index in [1.54, 1.807) is 17.1 Å². The number of hydrogen-bond donors (Lipinski definition) is 1. The Morgan fingerprint density at radius 3 is 2.63 bits per heavy atom. The number of piperazine rings is 1. The van der Waals surface area contributed by atoms with Crippen LogP contribution >= 0.6 is 0 Å². The van der Waals surface area contributed by atoms with E-state index >= 15 is 0 Å². The highest BCUT2D eigenvalue weighted by molar-refractivity contribution is 5.76. The summed E-state index contributed by atoms with van der Waals surface area (Å²) in [7, 11) is 0. The molecular weight excluding hydrogens is 242 g/mol. The molecule has 0 radical (unpaired) electrons. The number of nitrogen functional groups attached to an aromatic ring is 1. The number of nitrogens with zero attached hydrogens (tertiary/aromatic N) is 4. The molecular formula is C13H23N5O. The normalized spacial score (nSPS) is 18.5. The third-order valence-corrected chi connectivity index (χ3v) is 3.83. The second kappa shape index (κ2) is 6.06. The largest absolute Gasteiger partial charge is 0.396 e. The van der Waals surface area contributed by atoms with Gasteiger partial charge in [0, 0.05) is 38.4 Å². The molecule has 0 saturated carbocycles. The van der Waals surface area contributed by atoms with Gasteiger partial charge in [0.25, 0.3) is 0 Å². The Bertz CT molecular complexity index is 422. The molecule has 19 heavy (non-hydrogen) atoms. The first-order chi connectivity index (χ1) is 9.10. The van der Waals surface area contributed by atoms with Gasteiger partial charge in [0.05, 0.1) is 11.9 Å². The molecule has 1 atom stereocenters. The summed E-state index contributed by atoms with van der Waals surface area (Å²) in [4.78, 5) is 16.5. The van der Waals surface area contributed by atoms with Crippen molar-refractivity contribution in [2.24, 2.45) is 0 Å². The molecule has 0 aromatic carbocycles. The van der Waals surface area contributed by atoms with Crippen LogP contribution < -0.4 is 5.73 Å². The molecule has 6 nitrogen and oxygen atoms in total. The van der Waals surface area contributed by atoms with Gasteiger partial charge in [0.2, 0.25) is 5.91 Å². The van der Waals surface area contributed by atoms with Crippen molar-refractivity contribution in [1.29, 1.82) is 0 Å². The van der Waals surface area contributed by atoms with Crippen LogP contribution in [0.15, 0.2) is 12.4 Å². The van der Waals surface area contributed by atoms with E-state index in [1.807, 2.05) is 4.90 Å². The Kier molecular flexibility index (Phi) is 4.42. The van der Waals surface area contributed by atoms with Crippen LogP contribution in [-0.4, -0.2) is 57.7 Å². The molecule has 2 heterocycles. The summed E-state index contributed by atoms with van der Waals surface area (Å²) < 4.78 is 1.60. The standard InChI is InChI=1S/C13H23N5O/c1-3-11(2)16-4-6-17(7-5-16)13(19)10-18-9-12(14)8-15-18/h8-9,11H,3-7,10,14H2,1-2H3. The number of carbonyl (C=O) groups is 1. The van der Waals surface area contributed by atoms with Crippen molar-refractivity contribution in [3.8, 4) is 0 Å². The van der Waals surface area contributed by atoms with Crippen LogP contribution in [0.25, 0.3) is 0 Å². The Hall–Kier alpha value is -1.56. The zero-order valence-electron chi connectivity index (χ0n) is 11.7. The lowest BCUT2D eigenvalue weighted by Gasteiger charge is -2.37. The van der Waals surface area contributed by atoms with Gasteiger partial charge >= 0.3 is 0 Å². The minimum Gasteiger partial charge on any atom is -0.396 e. The molecule has 0 bridgehead atoms. The number of hydrogen-bond acceptors (Lipinski definition) is 4. The lowest BCUT2D eigenvalue weighted by Crippen LogP contribution is -2.51. The van der Waals surface area contributed by atoms with E-state index in [0.29, 0.717) is 11.7 Å². The van der Waals surface area contributed by atoms with Gasteiger partial charge in [-0.15, -0.1) is 0 Å². The predicted molar refractivity (Wildman–Crippen MR) is 74.5 cm³/mol. The molecule has 1 aromatic heterocycles. The molecule has 1 aliphatic rings. The molecule has 1 aromatic rings. The van der Waals surface area contributed by atoms with Gasteiger partial charge in [-0.1, -0.05) is 6.92 Å². The fraction of sp³-hybridized carbons (Fsp3) is 0.692. The molecule has 1 unspecified atom stereocenters. The molecule has 1 amide bonds. The Balaban J connectivity index is 1.82. The zero-order valence-corrected chi connectivity index (χ0v) is 11.7. The van der Waals surface area contributed by atoms with Crippen LogP contribution in [-0.2, 0) is 11.3 Å². The van der Waals surface area contributed by atoms with Crippen molar-refractivity contribution < 1.29 is 4.79 Å². The number of rotatable bonds is 4. The number of nitrogens with two attached hydrogens (primary N) is 1. The summed E-state index contributed by atoms with van der Waals surface area (Å²) in [6, 6.07) is 0.600. The maximum Gasteiger partial charge on any atom is 0.244 e. The van der Waals surface area contributed by atoms with Gasteiger partial charge in [0.1, 0.15) is 6.54 Å². The van der Waals surface area contributed by atoms with Crippen molar-refractivity contribution in [3.05, 3.63) is 12.4 Å². The predicted octanol–water partition coefficient (Wildman–Crippen LogP) is 0.408. The maximum atomic E-state index is 12.1. The summed E-state index contributed by atoms with van der Waals surface area (Å²) in [6.07, 6.45) is 4.40. The number of aromatic nitrogens is 2. The van der Waals surface area contributed by atoms with Crippen molar-refractivity contribution in [2.75, 3.05) is 31.9 Å². The lowest BCUT2D eigenvalue weighted by atomic mass is 10.2. The summed E-state index contributed by atoms with van der Waals surface area (Å²) >= 11 is 0. The highest BCUT2D eigenvalue weighted by atomic mass is 16.2. The molecule has 2 N–H and O–H groups in total. The molecule has 2 rings (SSSR count). The van der Waals surface area contributed by atoms with Crippen LogP contribution in [0, 0.1) is 0 Å². The van der Waals surface area contributed by atoms with Crippen LogP contribution in [0.5, 0.6) is 0 Å². The minimum atomic E-state index is 0.118. The van der Waals surface area contributed by atoms with Gasteiger partial charge in [-0.2, -0.15) is 5.10 Å². The molecule has 1 aliphatic heterocycles. The minimum absolute atomic E-state index is 0.118. The van der Waals surface area contributed by atoms with Crippen molar-refractivity contribution in [2.45, 2.75) is 32.9 Å². The second-order valence-electron chi connectivity index (χ2n) is 5.15. The van der Waals surface area contributed by atoms with E-state index in [1.165, 1.54) is 0 Å². The lowest BCUT2D eigenvalue weighted by molar-refractivity contribution is -0.134. The summed E-state index contributed by atoms with van der Waals surface area (Å²) in [5, 5.41) is 4.04. The Labute approximate surface area is 114 Å². The third kappa shape index (κ3) is 3.47. The van der Waals surface area contributed by atoms with E-state index in [0.717, 1.165) is 32.6 Å². The number of carbonyl (C=O) groups excluding carboxylic acids is 1. The van der Waals surface area contributed by atoms with Crippen LogP contribution in [0.1, 0.15) is 20.3 Å². The topological polar surface area (TPSA) is 67.4 Å². The van der Waals surface area contributed by atoms with Crippen molar-refractivity contribution in [3.63, 3.8) is 0 Å². The summed E-state index contributed by atoms with van der Waals surface area (Å²) in [5.74, 6) is 0.118. The summed E-state index contributed by atoms with van der Waals surface area (Å²) in [6.45, 7) is 8.25. The first kappa shape index (κ1) is 13.9. The van der Waals surface area contributed by atoms with Crippen LogP contribution in [0.3, 0.4) is 0 Å². The number of anilines is 1. The monoisotopic (exact) mass is 265 g/mol. The van der Waals surface area contributed by atoms with Gasteiger partial charge < -0.3 is 10.6 Å². The Morgan fingerprint density at radius 2 is 2.11 bits per heavy atom. The van der Waals surface area contributed by atoms with E-state index < -0.39 is 0 Å². The zero-order chi connectivity index (χ0) is 13.8. The first-order valence-corrected chi connectivity index (χ1v) is 6.90. The van der Waals surface area contributed by atoms with Crippen LogP contribution in [0.2, 0.25) is 0 Å². The molecule has 1 saturated heterocycles. The molecule has 0 aliphatic carbocycles. The van der Waals surface area contributed by atoms with E-state index in [-0.39, 0.29) is 12.5 Å². The van der Waals surface area contributed by atoms with Crippen molar-refractivity contribution >= 4 is 11.6 Å². The van der Waals surface area contributed by atoms with Gasteiger partial charge in [-0.25, -0.2) is 0 Å². The fourth-order valence-electron chi connectivity index (χ4n) is 2.37. The third-order valence-electron chi connectivity index (χ3n) is 3.83. The van der Waals surface area contributed by atoms with E-state index in [4.69, 9.17) is 5.73 Å². The molecule has 0 spiro atoms. The average Bonchev–Trinajstić information content (AvgIpc) is 2.83. The van der Waals surface area contributed by atoms with Crippen molar-refractivity contribution in [1.82, 2.24) is 19.6 Å². The summed E-state index contributed by atoms with van der Waals surface area (Å²) in [5.41, 5.74) is 6.18. The van der Waals surface area contributed by atoms with E-state index in [9.17, 15) is 4.79 Å². The first-order valence-electron chi connectivity index (χ1n) is 6.90. The average molecular weight is 265 g/mol. The van der Waals surface area contributed by atoms with Gasteiger partial charge in [-0.3, -0.25) is 14.4 Å². The highest BCUT2D eigenvalue weighted by Crippen LogP contribution is 2.09. The molecule has 1 fully saturated rings. The highest BCUT2D eigenvalue weighted by Gasteiger charge is 2.23. The SMILES string of the molecule is CCC(C)N1CCN(C(=O)Cn2cc(N)cn2)CC1. The van der Waals surface area contributed by atoms with E-state index in [2.05, 4.69) is 23.8 Å². The fourth-order valence-corrected chi connectivity index (χ4v) is 2.37. The molecule has 106 valence electrons. The quantitative estimate of drug-likeness (QED) is 0.856. The smallest absolute Gasteiger partial charge is 0.244 e. The van der Waals surface area contributed by atoms with Crippen LogP contribution in [0.4, 0.5) is 5.69 Å². The maximum absolute atomic E-state index is 12.1. The number of amides is 1. The van der Waals surface area contributed by atoms with Gasteiger partial charge in [0.15, 0.2) is 0 Å². The Morgan fingerprint density at radius 1 is 1.42 bits per heavy atom. The molecule has 6 heteroatoms.